The van der Waals surface area contributed by atoms with E-state index in [4.69, 9.17) is 4.98 Å². The SMILES string of the molecule is CNc1cc(-n2cc(N3CCCC3)c3ncccc32)nc2c(C(=O)N[C@@H]3C[C@@H]3F)cnn12. The van der Waals surface area contributed by atoms with Crippen LogP contribution in [0.1, 0.15) is 29.6 Å². The normalized spacial score (nSPS) is 20.2. The molecule has 1 saturated carbocycles. The molecule has 9 nitrogen and oxygen atoms in total. The number of amides is 1. The molecule has 1 aliphatic heterocycles. The maximum atomic E-state index is 13.3. The van der Waals surface area contributed by atoms with Crippen LogP contribution in [0.3, 0.4) is 0 Å². The molecule has 1 saturated heterocycles. The molecule has 2 N–H and O–H groups in total. The number of pyridine rings is 1. The van der Waals surface area contributed by atoms with Crippen molar-refractivity contribution in [3.8, 4) is 5.82 Å². The number of nitrogens with zero attached hydrogens (tertiary/aromatic N) is 6. The Labute approximate surface area is 183 Å². The Morgan fingerprint density at radius 1 is 1.28 bits per heavy atom. The molecule has 4 aromatic heterocycles. The first-order valence-electron chi connectivity index (χ1n) is 10.9. The van der Waals surface area contributed by atoms with Gasteiger partial charge in [-0.15, -0.1) is 0 Å². The molecular weight excluding hydrogens is 411 g/mol. The third kappa shape index (κ3) is 2.97. The molecule has 5 heterocycles. The monoisotopic (exact) mass is 434 g/mol. The molecule has 1 aliphatic carbocycles. The standard InChI is InChI=1S/C22H23FN8O/c1-24-18-10-19(28-21-13(11-26-31(18)21)22(32)27-15-9-14(15)23)30-12-17(29-7-2-3-8-29)20-16(30)5-4-6-25-20/h4-6,10-12,14-15,24H,2-3,7-9H2,1H3,(H,27,32)/t14-,15+/m0/s1. The van der Waals surface area contributed by atoms with E-state index in [2.05, 4.69) is 31.8 Å². The number of carbonyl (C=O) groups excluding carboxylic acids is 1. The van der Waals surface area contributed by atoms with Crippen molar-refractivity contribution in [3.05, 3.63) is 42.4 Å². The van der Waals surface area contributed by atoms with Gasteiger partial charge >= 0.3 is 0 Å². The lowest BCUT2D eigenvalue weighted by atomic mass is 10.3. The number of hydrogen-bond donors (Lipinski definition) is 2. The van der Waals surface area contributed by atoms with Gasteiger partial charge in [0.1, 0.15) is 28.9 Å². The van der Waals surface area contributed by atoms with Crippen LogP contribution in [0.25, 0.3) is 22.5 Å². The Morgan fingerprint density at radius 3 is 2.84 bits per heavy atom. The molecule has 0 spiro atoms. The Morgan fingerprint density at radius 2 is 2.09 bits per heavy atom. The van der Waals surface area contributed by atoms with Gasteiger partial charge in [-0.05, 0) is 25.0 Å². The van der Waals surface area contributed by atoms with E-state index in [0.29, 0.717) is 29.3 Å². The van der Waals surface area contributed by atoms with Crippen LogP contribution in [-0.2, 0) is 0 Å². The quantitative estimate of drug-likeness (QED) is 0.502. The van der Waals surface area contributed by atoms with Gasteiger partial charge in [-0.3, -0.25) is 14.3 Å². The van der Waals surface area contributed by atoms with Crippen LogP contribution in [-0.4, -0.2) is 62.4 Å². The fraction of sp³-hybridized carbons (Fsp3) is 0.364. The highest BCUT2D eigenvalue weighted by Crippen LogP contribution is 2.32. The fourth-order valence-corrected chi connectivity index (χ4v) is 4.39. The van der Waals surface area contributed by atoms with E-state index in [0.717, 1.165) is 29.8 Å². The number of nitrogens with one attached hydrogen (secondary N) is 2. The summed E-state index contributed by atoms with van der Waals surface area (Å²) in [5.74, 6) is 0.968. The summed E-state index contributed by atoms with van der Waals surface area (Å²) < 4.78 is 16.9. The van der Waals surface area contributed by atoms with Crippen LogP contribution in [0.15, 0.2) is 36.8 Å². The van der Waals surface area contributed by atoms with Gasteiger partial charge in [-0.2, -0.15) is 9.61 Å². The number of fused-ring (bicyclic) bond motifs is 2. The van der Waals surface area contributed by atoms with Crippen molar-refractivity contribution < 1.29 is 9.18 Å². The topological polar surface area (TPSA) is 92.4 Å². The minimum atomic E-state index is -0.972. The third-order valence-corrected chi connectivity index (χ3v) is 6.22. The number of hydrogen-bond acceptors (Lipinski definition) is 6. The van der Waals surface area contributed by atoms with Gasteiger partial charge in [0, 0.05) is 45.0 Å². The summed E-state index contributed by atoms with van der Waals surface area (Å²) in [6.45, 7) is 2.02. The summed E-state index contributed by atoms with van der Waals surface area (Å²) in [5, 5.41) is 10.2. The maximum Gasteiger partial charge on any atom is 0.257 e. The van der Waals surface area contributed by atoms with Gasteiger partial charge < -0.3 is 15.5 Å². The molecule has 0 radical (unpaired) electrons. The molecule has 0 aromatic carbocycles. The summed E-state index contributed by atoms with van der Waals surface area (Å²) in [6, 6.07) is 5.39. The molecule has 32 heavy (non-hydrogen) atoms. The van der Waals surface area contributed by atoms with E-state index in [1.165, 1.54) is 19.0 Å². The molecule has 2 fully saturated rings. The zero-order valence-corrected chi connectivity index (χ0v) is 17.6. The van der Waals surface area contributed by atoms with Crippen LogP contribution >= 0.6 is 0 Å². The summed E-state index contributed by atoms with van der Waals surface area (Å²) in [6.07, 6.45) is 7.06. The van der Waals surface area contributed by atoms with E-state index in [-0.39, 0.29) is 5.91 Å². The summed E-state index contributed by atoms with van der Waals surface area (Å²) in [7, 11) is 1.79. The number of rotatable bonds is 5. The van der Waals surface area contributed by atoms with E-state index >= 15 is 0 Å². The third-order valence-electron chi connectivity index (χ3n) is 6.22. The molecule has 4 aromatic rings. The molecule has 0 bridgehead atoms. The van der Waals surface area contributed by atoms with Crippen molar-refractivity contribution in [2.24, 2.45) is 0 Å². The van der Waals surface area contributed by atoms with Gasteiger partial charge in [0.05, 0.1) is 23.4 Å². The van der Waals surface area contributed by atoms with Crippen molar-refractivity contribution >= 4 is 34.1 Å². The zero-order chi connectivity index (χ0) is 21.8. The van der Waals surface area contributed by atoms with Gasteiger partial charge in [0.15, 0.2) is 5.65 Å². The van der Waals surface area contributed by atoms with E-state index in [1.807, 2.05) is 22.8 Å². The lowest BCUT2D eigenvalue weighted by Crippen LogP contribution is -2.27. The number of aromatic nitrogens is 5. The summed E-state index contributed by atoms with van der Waals surface area (Å²) in [4.78, 5) is 24.5. The fourth-order valence-electron chi connectivity index (χ4n) is 4.39. The molecule has 0 unspecified atom stereocenters. The van der Waals surface area contributed by atoms with Crippen molar-refractivity contribution in [2.45, 2.75) is 31.5 Å². The minimum Gasteiger partial charge on any atom is -0.373 e. The van der Waals surface area contributed by atoms with E-state index in [9.17, 15) is 9.18 Å². The summed E-state index contributed by atoms with van der Waals surface area (Å²) in [5.41, 5.74) is 3.68. The van der Waals surface area contributed by atoms with E-state index in [1.54, 1.807) is 17.8 Å². The Balaban J connectivity index is 1.50. The smallest absolute Gasteiger partial charge is 0.257 e. The first-order valence-corrected chi connectivity index (χ1v) is 10.9. The highest BCUT2D eigenvalue weighted by molar-refractivity contribution is 6.00. The van der Waals surface area contributed by atoms with Crippen LogP contribution in [0.2, 0.25) is 0 Å². The van der Waals surface area contributed by atoms with Crippen molar-refractivity contribution in [3.63, 3.8) is 0 Å². The number of alkyl halides is 1. The first kappa shape index (κ1) is 19.0. The lowest BCUT2D eigenvalue weighted by Gasteiger charge is -2.15. The second-order valence-corrected chi connectivity index (χ2v) is 8.32. The minimum absolute atomic E-state index is 0.316. The highest BCUT2D eigenvalue weighted by atomic mass is 19.1. The van der Waals surface area contributed by atoms with Crippen molar-refractivity contribution in [1.82, 2.24) is 29.5 Å². The number of anilines is 2. The maximum absolute atomic E-state index is 13.3. The van der Waals surface area contributed by atoms with Crippen molar-refractivity contribution in [1.29, 1.82) is 0 Å². The average Bonchev–Trinajstić information content (AvgIpc) is 3.26. The first-order chi connectivity index (χ1) is 15.6. The van der Waals surface area contributed by atoms with Gasteiger partial charge in [-0.1, -0.05) is 0 Å². The molecule has 2 aliphatic rings. The van der Waals surface area contributed by atoms with Crippen LogP contribution in [0.4, 0.5) is 15.9 Å². The molecule has 164 valence electrons. The molecular formula is C22H23FN8O. The van der Waals surface area contributed by atoms with Crippen LogP contribution in [0.5, 0.6) is 0 Å². The lowest BCUT2D eigenvalue weighted by molar-refractivity contribution is 0.0949. The zero-order valence-electron chi connectivity index (χ0n) is 17.6. The van der Waals surface area contributed by atoms with Crippen LogP contribution in [0, 0.1) is 0 Å². The second kappa shape index (κ2) is 7.18. The van der Waals surface area contributed by atoms with E-state index < -0.39 is 12.2 Å². The Kier molecular flexibility index (Phi) is 4.27. The second-order valence-electron chi connectivity index (χ2n) is 8.32. The van der Waals surface area contributed by atoms with Crippen molar-refractivity contribution in [2.75, 3.05) is 30.4 Å². The highest BCUT2D eigenvalue weighted by Gasteiger charge is 2.39. The molecule has 6 rings (SSSR count). The largest absolute Gasteiger partial charge is 0.373 e. The average molecular weight is 434 g/mol. The predicted octanol–water partition coefficient (Wildman–Crippen LogP) is 2.55. The molecule has 10 heteroatoms. The predicted molar refractivity (Wildman–Crippen MR) is 119 cm³/mol. The van der Waals surface area contributed by atoms with Crippen LogP contribution < -0.4 is 15.5 Å². The van der Waals surface area contributed by atoms with Gasteiger partial charge in [-0.25, -0.2) is 9.37 Å². The Bertz CT molecular complexity index is 1340. The summed E-state index contributed by atoms with van der Waals surface area (Å²) >= 11 is 0. The molecule has 2 atom stereocenters. The van der Waals surface area contributed by atoms with Gasteiger partial charge in [0.25, 0.3) is 5.91 Å². The molecule has 1 amide bonds. The number of carbonyl (C=O) groups is 1. The number of halogens is 1. The van der Waals surface area contributed by atoms with Gasteiger partial charge in [0.2, 0.25) is 0 Å². The Hall–Kier alpha value is -3.69.